The van der Waals surface area contributed by atoms with Crippen molar-refractivity contribution >= 4 is 17.6 Å². The van der Waals surface area contributed by atoms with E-state index in [1.807, 2.05) is 17.8 Å². The predicted molar refractivity (Wildman–Crippen MR) is 49.7 cm³/mol. The van der Waals surface area contributed by atoms with Crippen molar-refractivity contribution in [3.8, 4) is 10.7 Å². The Kier molecular flexibility index (Phi) is 1.94. The van der Waals surface area contributed by atoms with Gasteiger partial charge in [0.25, 0.3) is 0 Å². The number of hydrogen-bond donors (Lipinski definition) is 0. The Hall–Kier alpha value is -1.49. The average Bonchev–Trinajstić information content (AvgIpc) is 2.71. The van der Waals surface area contributed by atoms with Crippen molar-refractivity contribution in [3.05, 3.63) is 23.6 Å². The Balaban J connectivity index is 2.40. The molecule has 2 aromatic rings. The molecular formula is C8H7N3OS. The first kappa shape index (κ1) is 8.12. The molecule has 2 heterocycles. The van der Waals surface area contributed by atoms with E-state index in [0.717, 1.165) is 17.0 Å². The van der Waals surface area contributed by atoms with Crippen molar-refractivity contribution in [2.24, 2.45) is 7.05 Å². The zero-order valence-corrected chi connectivity index (χ0v) is 7.78. The maximum Gasteiger partial charge on any atom is 0.169 e. The summed E-state index contributed by atoms with van der Waals surface area (Å²) in [7, 11) is 1.89. The molecule has 0 amide bonds. The van der Waals surface area contributed by atoms with E-state index in [-0.39, 0.29) is 0 Å². The fraction of sp³-hybridized carbons (Fsp3) is 0.125. The molecule has 5 heteroatoms. The molecule has 13 heavy (non-hydrogen) atoms. The summed E-state index contributed by atoms with van der Waals surface area (Å²) < 4.78 is 1.84. The lowest BCUT2D eigenvalue weighted by atomic mass is 10.5. The van der Waals surface area contributed by atoms with Gasteiger partial charge in [0.2, 0.25) is 0 Å². The van der Waals surface area contributed by atoms with E-state index in [9.17, 15) is 4.79 Å². The van der Waals surface area contributed by atoms with Crippen LogP contribution in [0, 0.1) is 0 Å². The highest BCUT2D eigenvalue weighted by molar-refractivity contribution is 7.13. The second-order valence-electron chi connectivity index (χ2n) is 2.62. The van der Waals surface area contributed by atoms with Crippen molar-refractivity contribution in [2.45, 2.75) is 0 Å². The molecule has 0 aromatic carbocycles. The molecular weight excluding hydrogens is 186 g/mol. The third kappa shape index (κ3) is 1.50. The summed E-state index contributed by atoms with van der Waals surface area (Å²) in [5, 5.41) is 2.50. The number of aromatic nitrogens is 3. The minimum absolute atomic E-state index is 0.464. The Morgan fingerprint density at radius 3 is 3.00 bits per heavy atom. The van der Waals surface area contributed by atoms with Crippen LogP contribution in [0.4, 0.5) is 0 Å². The van der Waals surface area contributed by atoms with Crippen LogP contribution in [0.2, 0.25) is 0 Å². The van der Waals surface area contributed by atoms with Gasteiger partial charge in [-0.05, 0) is 0 Å². The van der Waals surface area contributed by atoms with Crippen LogP contribution in [0.5, 0.6) is 0 Å². The van der Waals surface area contributed by atoms with Gasteiger partial charge in [-0.1, -0.05) is 0 Å². The topological polar surface area (TPSA) is 47.8 Å². The van der Waals surface area contributed by atoms with Crippen molar-refractivity contribution in [3.63, 3.8) is 0 Å². The molecule has 0 saturated heterocycles. The van der Waals surface area contributed by atoms with Gasteiger partial charge in [0.05, 0.1) is 6.33 Å². The highest BCUT2D eigenvalue weighted by Gasteiger charge is 2.05. The number of rotatable bonds is 2. The summed E-state index contributed by atoms with van der Waals surface area (Å²) in [5.74, 6) is 0. The molecule has 0 bridgehead atoms. The SMILES string of the molecule is Cn1cnc(-c2nc(C=O)cs2)c1. The van der Waals surface area contributed by atoms with Gasteiger partial charge in [-0.25, -0.2) is 9.97 Å². The highest BCUT2D eigenvalue weighted by Crippen LogP contribution is 2.20. The average molecular weight is 193 g/mol. The van der Waals surface area contributed by atoms with Gasteiger partial charge in [0.15, 0.2) is 6.29 Å². The molecule has 0 N–H and O–H groups in total. The van der Waals surface area contributed by atoms with E-state index in [0.29, 0.717) is 5.69 Å². The van der Waals surface area contributed by atoms with E-state index in [2.05, 4.69) is 9.97 Å². The molecule has 0 aliphatic carbocycles. The standard InChI is InChI=1S/C8H7N3OS/c1-11-2-7(9-5-11)8-10-6(3-12)4-13-8/h2-5H,1H3. The van der Waals surface area contributed by atoms with Gasteiger partial charge in [0.1, 0.15) is 16.4 Å². The van der Waals surface area contributed by atoms with Gasteiger partial charge in [-0.15, -0.1) is 11.3 Å². The molecule has 0 spiro atoms. The van der Waals surface area contributed by atoms with Gasteiger partial charge in [0, 0.05) is 18.6 Å². The Bertz CT molecular complexity index is 432. The second-order valence-corrected chi connectivity index (χ2v) is 3.48. The first-order chi connectivity index (χ1) is 6.29. The van der Waals surface area contributed by atoms with Crippen LogP contribution in [0.3, 0.4) is 0 Å². The summed E-state index contributed by atoms with van der Waals surface area (Å²) in [6.07, 6.45) is 4.31. The Labute approximate surface area is 78.9 Å². The maximum atomic E-state index is 10.4. The molecule has 0 radical (unpaired) electrons. The Morgan fingerprint density at radius 1 is 1.62 bits per heavy atom. The molecule has 0 atom stereocenters. The zero-order chi connectivity index (χ0) is 9.26. The second kappa shape index (κ2) is 3.10. The summed E-state index contributed by atoms with van der Waals surface area (Å²) in [6.45, 7) is 0. The molecule has 2 rings (SSSR count). The third-order valence-electron chi connectivity index (χ3n) is 1.57. The largest absolute Gasteiger partial charge is 0.340 e. The monoisotopic (exact) mass is 193 g/mol. The zero-order valence-electron chi connectivity index (χ0n) is 6.97. The number of carbonyl (C=O) groups excluding carboxylic acids is 1. The molecule has 0 fully saturated rings. The molecule has 0 saturated carbocycles. The van der Waals surface area contributed by atoms with E-state index in [4.69, 9.17) is 0 Å². The van der Waals surface area contributed by atoms with Crippen molar-refractivity contribution in [1.29, 1.82) is 0 Å². The van der Waals surface area contributed by atoms with Crippen molar-refractivity contribution in [2.75, 3.05) is 0 Å². The van der Waals surface area contributed by atoms with E-state index in [1.165, 1.54) is 11.3 Å². The molecule has 0 aliphatic heterocycles. The molecule has 4 nitrogen and oxygen atoms in total. The molecule has 0 unspecified atom stereocenters. The number of hydrogen-bond acceptors (Lipinski definition) is 4. The quantitative estimate of drug-likeness (QED) is 0.676. The lowest BCUT2D eigenvalue weighted by Gasteiger charge is -1.85. The smallest absolute Gasteiger partial charge is 0.169 e. The summed E-state index contributed by atoms with van der Waals surface area (Å²) in [4.78, 5) is 18.6. The van der Waals surface area contributed by atoms with Crippen LogP contribution in [-0.2, 0) is 7.05 Å². The third-order valence-corrected chi connectivity index (χ3v) is 2.45. The molecule has 66 valence electrons. The van der Waals surface area contributed by atoms with E-state index >= 15 is 0 Å². The number of carbonyl (C=O) groups is 1. The fourth-order valence-corrected chi connectivity index (χ4v) is 1.71. The normalized spacial score (nSPS) is 10.2. The van der Waals surface area contributed by atoms with Gasteiger partial charge in [-0.2, -0.15) is 0 Å². The summed E-state index contributed by atoms with van der Waals surface area (Å²) >= 11 is 1.42. The van der Waals surface area contributed by atoms with E-state index < -0.39 is 0 Å². The first-order valence-electron chi connectivity index (χ1n) is 3.68. The number of imidazole rings is 1. The fourth-order valence-electron chi connectivity index (χ4n) is 0.981. The van der Waals surface area contributed by atoms with Crippen LogP contribution in [0.15, 0.2) is 17.9 Å². The maximum absolute atomic E-state index is 10.4. The molecule has 0 aliphatic rings. The number of aryl methyl sites for hydroxylation is 1. The van der Waals surface area contributed by atoms with E-state index in [1.54, 1.807) is 11.7 Å². The predicted octanol–water partition coefficient (Wildman–Crippen LogP) is 1.36. The van der Waals surface area contributed by atoms with Crippen LogP contribution in [0.1, 0.15) is 10.5 Å². The molecule has 2 aromatic heterocycles. The lowest BCUT2D eigenvalue weighted by Crippen LogP contribution is -1.80. The minimum atomic E-state index is 0.464. The van der Waals surface area contributed by atoms with Gasteiger partial charge in [-0.3, -0.25) is 4.79 Å². The van der Waals surface area contributed by atoms with Crippen LogP contribution in [-0.4, -0.2) is 20.8 Å². The lowest BCUT2D eigenvalue weighted by molar-refractivity contribution is 0.111. The van der Waals surface area contributed by atoms with Crippen molar-refractivity contribution < 1.29 is 4.79 Å². The number of nitrogens with zero attached hydrogens (tertiary/aromatic N) is 3. The van der Waals surface area contributed by atoms with Crippen LogP contribution in [0.25, 0.3) is 10.7 Å². The number of aldehydes is 1. The van der Waals surface area contributed by atoms with Crippen molar-refractivity contribution in [1.82, 2.24) is 14.5 Å². The Morgan fingerprint density at radius 2 is 2.46 bits per heavy atom. The van der Waals surface area contributed by atoms with Gasteiger partial charge >= 0.3 is 0 Å². The van der Waals surface area contributed by atoms with Crippen LogP contribution < -0.4 is 0 Å². The first-order valence-corrected chi connectivity index (χ1v) is 4.56. The minimum Gasteiger partial charge on any atom is -0.340 e. The van der Waals surface area contributed by atoms with Crippen LogP contribution >= 0.6 is 11.3 Å². The van der Waals surface area contributed by atoms with Gasteiger partial charge < -0.3 is 4.57 Å². The summed E-state index contributed by atoms with van der Waals surface area (Å²) in [6, 6.07) is 0. The summed E-state index contributed by atoms with van der Waals surface area (Å²) in [5.41, 5.74) is 1.27. The highest BCUT2D eigenvalue weighted by atomic mass is 32.1. The number of thiazole rings is 1.